The smallest absolute Gasteiger partial charge is 0.303 e. The number of benzene rings is 1. The normalized spacial score (nSPS) is 10.3. The molecule has 0 radical (unpaired) electrons. The second kappa shape index (κ2) is 6.92. The first kappa shape index (κ1) is 15.2. The lowest BCUT2D eigenvalue weighted by molar-refractivity contribution is -0.137. The summed E-state index contributed by atoms with van der Waals surface area (Å²) in [5, 5.41) is 8.58. The predicted octanol–water partition coefficient (Wildman–Crippen LogP) is 3.14. The van der Waals surface area contributed by atoms with Crippen molar-refractivity contribution in [3.63, 3.8) is 0 Å². The Kier molecular flexibility index (Phi) is 5.55. The van der Waals surface area contributed by atoms with E-state index < -0.39 is 5.97 Å². The summed E-state index contributed by atoms with van der Waals surface area (Å²) >= 11 is 0. The molecule has 0 aliphatic heterocycles. The molecule has 1 aromatic rings. The highest BCUT2D eigenvalue weighted by Crippen LogP contribution is 2.25. The van der Waals surface area contributed by atoms with E-state index in [0.717, 1.165) is 11.1 Å². The maximum atomic E-state index is 12.1. The Hall–Kier alpha value is -1.84. The van der Waals surface area contributed by atoms with E-state index >= 15 is 0 Å². The van der Waals surface area contributed by atoms with Crippen LogP contribution in [0.25, 0.3) is 0 Å². The monoisotopic (exact) mass is 264 g/mol. The van der Waals surface area contributed by atoms with E-state index in [1.165, 1.54) is 0 Å². The summed E-state index contributed by atoms with van der Waals surface area (Å²) in [6.45, 7) is 6.28. The third-order valence-corrected chi connectivity index (χ3v) is 2.99. The number of hydrogen-bond donors (Lipinski definition) is 1. The largest absolute Gasteiger partial charge is 0.493 e. The Morgan fingerprint density at radius 2 is 1.79 bits per heavy atom. The minimum Gasteiger partial charge on any atom is -0.493 e. The number of hydrogen-bond acceptors (Lipinski definition) is 3. The van der Waals surface area contributed by atoms with Crippen LogP contribution >= 0.6 is 0 Å². The van der Waals surface area contributed by atoms with Crippen LogP contribution in [0, 0.1) is 13.8 Å². The van der Waals surface area contributed by atoms with E-state index in [9.17, 15) is 9.59 Å². The van der Waals surface area contributed by atoms with Crippen molar-refractivity contribution >= 4 is 11.8 Å². The number of carboxylic acid groups (broad SMARTS) is 1. The molecule has 1 N–H and O–H groups in total. The van der Waals surface area contributed by atoms with Gasteiger partial charge < -0.3 is 9.84 Å². The number of carboxylic acids is 1. The first-order chi connectivity index (χ1) is 8.95. The van der Waals surface area contributed by atoms with Gasteiger partial charge in [0, 0.05) is 12.8 Å². The van der Waals surface area contributed by atoms with Crippen LogP contribution in [0.5, 0.6) is 5.75 Å². The highest BCUT2D eigenvalue weighted by atomic mass is 16.5. The van der Waals surface area contributed by atoms with Gasteiger partial charge in [0.2, 0.25) is 0 Å². The van der Waals surface area contributed by atoms with Crippen molar-refractivity contribution in [3.05, 3.63) is 28.8 Å². The Bertz CT molecular complexity index is 477. The van der Waals surface area contributed by atoms with Crippen LogP contribution in [0.2, 0.25) is 0 Å². The van der Waals surface area contributed by atoms with E-state index in [-0.39, 0.29) is 18.6 Å². The lowest BCUT2D eigenvalue weighted by Gasteiger charge is -2.12. The number of Topliss-reactive ketones (excluding diaryl/α,β-unsaturated/α-hetero) is 1. The predicted molar refractivity (Wildman–Crippen MR) is 72.9 cm³/mol. The topological polar surface area (TPSA) is 63.6 Å². The van der Waals surface area contributed by atoms with E-state index in [0.29, 0.717) is 24.3 Å². The van der Waals surface area contributed by atoms with E-state index in [4.69, 9.17) is 9.84 Å². The van der Waals surface area contributed by atoms with Crippen molar-refractivity contribution in [2.45, 2.75) is 40.0 Å². The van der Waals surface area contributed by atoms with Gasteiger partial charge in [-0.15, -0.1) is 0 Å². The number of ketones is 1. The second-order valence-corrected chi connectivity index (χ2v) is 4.54. The fourth-order valence-corrected chi connectivity index (χ4v) is 1.82. The van der Waals surface area contributed by atoms with Gasteiger partial charge in [-0.1, -0.05) is 0 Å². The molecule has 4 heteroatoms. The van der Waals surface area contributed by atoms with Crippen LogP contribution in [-0.2, 0) is 4.79 Å². The number of ether oxygens (including phenoxy) is 1. The van der Waals surface area contributed by atoms with Crippen LogP contribution in [0.3, 0.4) is 0 Å². The van der Waals surface area contributed by atoms with Gasteiger partial charge in [0.05, 0.1) is 12.2 Å². The number of rotatable bonds is 7. The number of aliphatic carboxylic acids is 1. The molecule has 0 aliphatic rings. The zero-order chi connectivity index (χ0) is 14.4. The maximum absolute atomic E-state index is 12.1. The minimum absolute atomic E-state index is 0.0144. The van der Waals surface area contributed by atoms with Gasteiger partial charge in [0.1, 0.15) is 5.75 Å². The Labute approximate surface area is 113 Å². The molecule has 0 amide bonds. The summed E-state index contributed by atoms with van der Waals surface area (Å²) in [6.07, 6.45) is 0.599. The summed E-state index contributed by atoms with van der Waals surface area (Å²) in [5.41, 5.74) is 2.66. The molecule has 1 rings (SSSR count). The van der Waals surface area contributed by atoms with Crippen molar-refractivity contribution in [1.82, 2.24) is 0 Å². The van der Waals surface area contributed by atoms with Crippen molar-refractivity contribution in [3.8, 4) is 5.75 Å². The molecular formula is C15H20O4. The average molecular weight is 264 g/mol. The molecule has 0 atom stereocenters. The first-order valence-corrected chi connectivity index (χ1v) is 6.44. The van der Waals surface area contributed by atoms with Gasteiger partial charge in [0.15, 0.2) is 5.78 Å². The van der Waals surface area contributed by atoms with E-state index in [1.807, 2.05) is 32.9 Å². The molecule has 0 bridgehead atoms. The fraction of sp³-hybridized carbons (Fsp3) is 0.467. The van der Waals surface area contributed by atoms with Gasteiger partial charge in [-0.05, 0) is 50.5 Å². The van der Waals surface area contributed by atoms with Crippen LogP contribution in [0.1, 0.15) is 47.7 Å². The summed E-state index contributed by atoms with van der Waals surface area (Å²) < 4.78 is 5.48. The van der Waals surface area contributed by atoms with Crippen molar-refractivity contribution in [2.24, 2.45) is 0 Å². The van der Waals surface area contributed by atoms with Gasteiger partial charge in [0.25, 0.3) is 0 Å². The number of carbonyl (C=O) groups is 2. The molecule has 1 aromatic carbocycles. The molecule has 19 heavy (non-hydrogen) atoms. The molecule has 0 heterocycles. The fourth-order valence-electron chi connectivity index (χ4n) is 1.82. The maximum Gasteiger partial charge on any atom is 0.303 e. The molecule has 0 fully saturated rings. The highest BCUT2D eigenvalue weighted by Gasteiger charge is 2.14. The van der Waals surface area contributed by atoms with Gasteiger partial charge in [-0.2, -0.15) is 0 Å². The lowest BCUT2D eigenvalue weighted by atomic mass is 9.99. The zero-order valence-corrected chi connectivity index (χ0v) is 11.7. The van der Waals surface area contributed by atoms with Crippen LogP contribution in [0.4, 0.5) is 0 Å². The van der Waals surface area contributed by atoms with Gasteiger partial charge in [-0.25, -0.2) is 0 Å². The molecule has 0 saturated heterocycles. The van der Waals surface area contributed by atoms with E-state index in [1.54, 1.807) is 0 Å². The van der Waals surface area contributed by atoms with Crippen molar-refractivity contribution in [2.75, 3.05) is 6.61 Å². The standard InChI is InChI=1S/C15H20O4/c1-4-19-14-9-11(3)10(2)8-12(14)13(16)6-5-7-15(17)18/h8-9H,4-7H2,1-3H3,(H,17,18). The average Bonchev–Trinajstić information content (AvgIpc) is 2.33. The molecule has 0 spiro atoms. The molecule has 0 unspecified atom stereocenters. The zero-order valence-electron chi connectivity index (χ0n) is 11.7. The minimum atomic E-state index is -0.877. The number of aryl methyl sites for hydroxylation is 2. The second-order valence-electron chi connectivity index (χ2n) is 4.54. The van der Waals surface area contributed by atoms with Gasteiger partial charge >= 0.3 is 5.97 Å². The van der Waals surface area contributed by atoms with Crippen molar-refractivity contribution in [1.29, 1.82) is 0 Å². The number of carbonyl (C=O) groups excluding carboxylic acids is 1. The Morgan fingerprint density at radius 1 is 1.16 bits per heavy atom. The summed E-state index contributed by atoms with van der Waals surface area (Å²) in [7, 11) is 0. The molecule has 4 nitrogen and oxygen atoms in total. The van der Waals surface area contributed by atoms with E-state index in [2.05, 4.69) is 0 Å². The van der Waals surface area contributed by atoms with Crippen LogP contribution in [0.15, 0.2) is 12.1 Å². The summed E-state index contributed by atoms with van der Waals surface area (Å²) in [5.74, 6) is -0.350. The highest BCUT2D eigenvalue weighted by molar-refractivity contribution is 5.99. The van der Waals surface area contributed by atoms with Crippen LogP contribution in [-0.4, -0.2) is 23.5 Å². The first-order valence-electron chi connectivity index (χ1n) is 6.44. The Balaban J connectivity index is 2.87. The van der Waals surface area contributed by atoms with Crippen molar-refractivity contribution < 1.29 is 19.4 Å². The molecule has 0 aromatic heterocycles. The van der Waals surface area contributed by atoms with Gasteiger partial charge in [-0.3, -0.25) is 9.59 Å². The third kappa shape index (κ3) is 4.39. The molecule has 0 saturated carbocycles. The lowest BCUT2D eigenvalue weighted by Crippen LogP contribution is -2.06. The molecule has 0 aliphatic carbocycles. The molecule has 104 valence electrons. The quantitative estimate of drug-likeness (QED) is 0.768. The third-order valence-electron chi connectivity index (χ3n) is 2.99. The summed E-state index contributed by atoms with van der Waals surface area (Å²) in [6, 6.07) is 3.69. The molecular weight excluding hydrogens is 244 g/mol. The summed E-state index contributed by atoms with van der Waals surface area (Å²) in [4.78, 5) is 22.6. The van der Waals surface area contributed by atoms with Crippen LogP contribution < -0.4 is 4.74 Å². The SMILES string of the molecule is CCOc1cc(C)c(C)cc1C(=O)CCCC(=O)O. The Morgan fingerprint density at radius 3 is 2.37 bits per heavy atom.